The summed E-state index contributed by atoms with van der Waals surface area (Å²) in [6, 6.07) is 15.8. The third-order valence-electron chi connectivity index (χ3n) is 8.07. The fraction of sp³-hybridized carbons (Fsp3) is 0.344. The Hall–Kier alpha value is -4.17. The maximum absolute atomic E-state index is 11.7. The van der Waals surface area contributed by atoms with Crippen molar-refractivity contribution in [2.45, 2.75) is 38.2 Å². The number of carboxylic acid groups (broad SMARTS) is 1. The first-order chi connectivity index (χ1) is 19.5. The van der Waals surface area contributed by atoms with Gasteiger partial charge in [0, 0.05) is 59.6 Å². The van der Waals surface area contributed by atoms with Crippen molar-refractivity contribution in [2.75, 3.05) is 31.2 Å². The molecule has 0 spiro atoms. The number of hydrogen-bond donors (Lipinski definition) is 1. The Bertz CT molecular complexity index is 1610. The molecule has 0 bridgehead atoms. The van der Waals surface area contributed by atoms with E-state index in [0.29, 0.717) is 36.3 Å². The molecule has 1 saturated carbocycles. The molecule has 2 aromatic carbocycles. The highest BCUT2D eigenvalue weighted by Gasteiger charge is 2.33. The number of aromatic carboxylic acids is 1. The normalized spacial score (nSPS) is 19.4. The maximum Gasteiger partial charge on any atom is 0.354 e. The van der Waals surface area contributed by atoms with Crippen LogP contribution in [0.25, 0.3) is 28.2 Å². The SMILES string of the molecule is Cc1ccccc1-c1noc(C2CC2)c1/C=C/C1CN(c2ccc3nc(C(=O)O)cc(O[C@H]4CCOC4)c3c2)C1. The molecular formula is C32H31N3O5. The monoisotopic (exact) mass is 537 g/mol. The van der Waals surface area contributed by atoms with Gasteiger partial charge in [-0.05, 0) is 43.5 Å². The Labute approximate surface area is 232 Å². The van der Waals surface area contributed by atoms with Crippen LogP contribution >= 0.6 is 0 Å². The van der Waals surface area contributed by atoms with Crippen LogP contribution in [-0.2, 0) is 4.74 Å². The number of benzene rings is 2. The van der Waals surface area contributed by atoms with Crippen LogP contribution in [0.1, 0.15) is 52.6 Å². The van der Waals surface area contributed by atoms with Crippen LogP contribution in [0.2, 0.25) is 0 Å². The number of carbonyl (C=O) groups is 1. The number of hydrogen-bond acceptors (Lipinski definition) is 7. The van der Waals surface area contributed by atoms with Gasteiger partial charge in [-0.25, -0.2) is 9.78 Å². The standard InChI is InChI=1S/C32H31N3O5/c1-19-4-2-3-5-24(19)30-25(31(40-34-30)21-7-8-21)10-6-20-16-35(17-20)22-9-11-27-26(14-22)29(15-28(33-27)32(36)37)39-23-12-13-38-18-23/h2-6,9-11,14-15,20-21,23H,7-8,12-13,16-18H2,1H3,(H,36,37)/b10-6+/t23-/m0/s1. The first-order valence-corrected chi connectivity index (χ1v) is 13.9. The largest absolute Gasteiger partial charge is 0.487 e. The van der Waals surface area contributed by atoms with Crippen LogP contribution < -0.4 is 9.64 Å². The van der Waals surface area contributed by atoms with E-state index in [0.717, 1.165) is 66.0 Å². The average Bonchev–Trinajstić information content (AvgIpc) is 3.48. The number of anilines is 1. The Balaban J connectivity index is 1.11. The molecule has 2 aliphatic heterocycles. The first kappa shape index (κ1) is 24.8. The zero-order chi connectivity index (χ0) is 27.2. The lowest BCUT2D eigenvalue weighted by Crippen LogP contribution is -2.45. The molecule has 1 aliphatic carbocycles. The minimum Gasteiger partial charge on any atom is -0.487 e. The number of nitrogens with zero attached hydrogens (tertiary/aromatic N) is 3. The predicted molar refractivity (Wildman–Crippen MR) is 152 cm³/mol. The highest BCUT2D eigenvalue weighted by Crippen LogP contribution is 2.45. The molecule has 4 heterocycles. The highest BCUT2D eigenvalue weighted by molar-refractivity contribution is 5.94. The number of ether oxygens (including phenoxy) is 2. The van der Waals surface area contributed by atoms with E-state index in [1.807, 2.05) is 24.3 Å². The van der Waals surface area contributed by atoms with Crippen LogP contribution in [0.15, 0.2) is 59.1 Å². The first-order valence-electron chi connectivity index (χ1n) is 13.9. The van der Waals surface area contributed by atoms with Gasteiger partial charge in [0.2, 0.25) is 0 Å². The molecule has 3 aliphatic rings. The quantitative estimate of drug-likeness (QED) is 0.288. The van der Waals surface area contributed by atoms with E-state index in [9.17, 15) is 9.90 Å². The van der Waals surface area contributed by atoms with E-state index >= 15 is 0 Å². The molecule has 0 radical (unpaired) electrons. The fourth-order valence-corrected chi connectivity index (χ4v) is 5.59. The number of rotatable bonds is 8. The summed E-state index contributed by atoms with van der Waals surface area (Å²) < 4.78 is 17.5. The van der Waals surface area contributed by atoms with E-state index < -0.39 is 5.97 Å². The zero-order valence-electron chi connectivity index (χ0n) is 22.4. The predicted octanol–water partition coefficient (Wildman–Crippen LogP) is 6.09. The molecule has 7 rings (SSSR count). The minimum atomic E-state index is -1.07. The van der Waals surface area contributed by atoms with Gasteiger partial charge in [-0.1, -0.05) is 41.6 Å². The molecule has 2 saturated heterocycles. The van der Waals surface area contributed by atoms with Crippen LogP contribution in [-0.4, -0.2) is 53.6 Å². The second-order valence-electron chi connectivity index (χ2n) is 11.0. The Morgan fingerprint density at radius 1 is 1.12 bits per heavy atom. The second kappa shape index (κ2) is 10.1. The van der Waals surface area contributed by atoms with Gasteiger partial charge in [-0.3, -0.25) is 0 Å². The van der Waals surface area contributed by atoms with Gasteiger partial charge in [-0.2, -0.15) is 0 Å². The molecule has 0 amide bonds. The van der Waals surface area contributed by atoms with Gasteiger partial charge in [0.15, 0.2) is 5.69 Å². The summed E-state index contributed by atoms with van der Waals surface area (Å²) in [6.45, 7) is 5.04. The molecule has 1 N–H and O–H groups in total. The molecule has 8 nitrogen and oxygen atoms in total. The van der Waals surface area contributed by atoms with E-state index in [1.165, 1.54) is 11.6 Å². The topological polar surface area (TPSA) is 97.9 Å². The molecule has 204 valence electrons. The molecular weight excluding hydrogens is 506 g/mol. The van der Waals surface area contributed by atoms with Gasteiger partial charge in [0.1, 0.15) is 23.3 Å². The summed E-state index contributed by atoms with van der Waals surface area (Å²) in [5.41, 5.74) is 6.00. The third kappa shape index (κ3) is 4.73. The van der Waals surface area contributed by atoms with Gasteiger partial charge in [0.05, 0.1) is 18.7 Å². The van der Waals surface area contributed by atoms with Gasteiger partial charge < -0.3 is 24.0 Å². The molecule has 3 fully saturated rings. The summed E-state index contributed by atoms with van der Waals surface area (Å²) in [4.78, 5) is 18.3. The lowest BCUT2D eigenvalue weighted by molar-refractivity contribution is 0.0690. The summed E-state index contributed by atoms with van der Waals surface area (Å²) in [7, 11) is 0. The van der Waals surface area contributed by atoms with Crippen molar-refractivity contribution < 1.29 is 23.9 Å². The third-order valence-corrected chi connectivity index (χ3v) is 8.07. The van der Waals surface area contributed by atoms with Crippen molar-refractivity contribution in [1.29, 1.82) is 0 Å². The lowest BCUT2D eigenvalue weighted by Gasteiger charge is -2.40. The zero-order valence-corrected chi connectivity index (χ0v) is 22.4. The van der Waals surface area contributed by atoms with Gasteiger partial charge in [0.25, 0.3) is 0 Å². The maximum atomic E-state index is 11.7. The van der Waals surface area contributed by atoms with Crippen molar-refractivity contribution in [3.05, 3.63) is 77.2 Å². The molecule has 2 aromatic heterocycles. The highest BCUT2D eigenvalue weighted by atomic mass is 16.5. The average molecular weight is 538 g/mol. The summed E-state index contributed by atoms with van der Waals surface area (Å²) in [5.74, 6) is 1.36. The molecule has 4 aromatic rings. The van der Waals surface area contributed by atoms with E-state index in [-0.39, 0.29) is 11.8 Å². The fourth-order valence-electron chi connectivity index (χ4n) is 5.59. The van der Waals surface area contributed by atoms with Crippen LogP contribution in [0, 0.1) is 12.8 Å². The molecule has 8 heteroatoms. The second-order valence-corrected chi connectivity index (χ2v) is 11.0. The van der Waals surface area contributed by atoms with Gasteiger partial charge in [-0.15, -0.1) is 0 Å². The Kier molecular flexibility index (Phi) is 6.27. The summed E-state index contributed by atoms with van der Waals surface area (Å²) >= 11 is 0. The molecule has 40 heavy (non-hydrogen) atoms. The summed E-state index contributed by atoms with van der Waals surface area (Å²) in [6.07, 6.45) is 7.51. The van der Waals surface area contributed by atoms with Crippen molar-refractivity contribution in [2.24, 2.45) is 5.92 Å². The van der Waals surface area contributed by atoms with Crippen molar-refractivity contribution in [1.82, 2.24) is 10.1 Å². The van der Waals surface area contributed by atoms with Crippen molar-refractivity contribution in [3.63, 3.8) is 0 Å². The van der Waals surface area contributed by atoms with Crippen molar-refractivity contribution in [3.8, 4) is 17.0 Å². The molecule has 1 atom stereocenters. The summed E-state index contributed by atoms with van der Waals surface area (Å²) in [5, 5.41) is 14.8. The number of carboxylic acids is 1. The number of aromatic nitrogens is 2. The van der Waals surface area contributed by atoms with Crippen molar-refractivity contribution >= 4 is 28.6 Å². The lowest BCUT2D eigenvalue weighted by atomic mass is 9.95. The van der Waals surface area contributed by atoms with Gasteiger partial charge >= 0.3 is 5.97 Å². The van der Waals surface area contributed by atoms with E-state index in [4.69, 9.17) is 14.0 Å². The number of pyridine rings is 1. The number of aryl methyl sites for hydroxylation is 1. The Morgan fingerprint density at radius 3 is 2.73 bits per heavy atom. The van der Waals surface area contributed by atoms with Crippen LogP contribution in [0.3, 0.4) is 0 Å². The van der Waals surface area contributed by atoms with Crippen LogP contribution in [0.5, 0.6) is 5.75 Å². The molecule has 0 unspecified atom stereocenters. The Morgan fingerprint density at radius 2 is 1.98 bits per heavy atom. The number of fused-ring (bicyclic) bond motifs is 1. The smallest absolute Gasteiger partial charge is 0.354 e. The van der Waals surface area contributed by atoms with E-state index in [1.54, 1.807) is 0 Å². The van der Waals surface area contributed by atoms with Crippen LogP contribution in [0.4, 0.5) is 5.69 Å². The van der Waals surface area contributed by atoms with E-state index in [2.05, 4.69) is 52.3 Å². The minimum absolute atomic E-state index is 0.0207.